The molecule has 0 aliphatic carbocycles. The lowest BCUT2D eigenvalue weighted by molar-refractivity contribution is 0.442. The number of aryl methyl sites for hydroxylation is 1. The lowest BCUT2D eigenvalue weighted by Gasteiger charge is -2.25. The Balaban J connectivity index is 1.99. The minimum atomic E-state index is 0.176. The normalized spacial score (nSPS) is 26.5. The van der Waals surface area contributed by atoms with Crippen molar-refractivity contribution in [1.29, 1.82) is 0 Å². The molecule has 0 aromatic carbocycles. The largest absolute Gasteiger partial charge is 0.464 e. The molecule has 17 heavy (non-hydrogen) atoms. The Morgan fingerprint density at radius 3 is 2.82 bits per heavy atom. The van der Waals surface area contributed by atoms with E-state index in [0.29, 0.717) is 12.0 Å². The topological polar surface area (TPSA) is 37.5 Å². The number of nitrogens with one attached hydrogen (secondary N) is 1. The minimum Gasteiger partial charge on any atom is -0.464 e. The Kier molecular flexibility index (Phi) is 3.82. The van der Waals surface area contributed by atoms with Gasteiger partial charge in [0.05, 0.1) is 12.1 Å². The molecule has 94 valence electrons. The Morgan fingerprint density at radius 1 is 1.47 bits per heavy atom. The second-order valence-corrected chi connectivity index (χ2v) is 5.79. The summed E-state index contributed by atoms with van der Waals surface area (Å²) >= 11 is 1.80. The summed E-state index contributed by atoms with van der Waals surface area (Å²) in [6.07, 6.45) is 0. The number of rotatable bonds is 2. The van der Waals surface area contributed by atoms with E-state index >= 15 is 0 Å². The highest BCUT2D eigenvalue weighted by Gasteiger charge is 2.21. The fourth-order valence-corrected chi connectivity index (χ4v) is 2.92. The fraction of sp³-hybridized carbons (Fsp3) is 0.615. The summed E-state index contributed by atoms with van der Waals surface area (Å²) in [5.41, 5.74) is 0. The molecular formula is C13H20N2OS. The van der Waals surface area contributed by atoms with Gasteiger partial charge in [-0.15, -0.1) is 0 Å². The number of nitrogens with zero attached hydrogens (tertiary/aromatic N) is 1. The van der Waals surface area contributed by atoms with Gasteiger partial charge >= 0.3 is 0 Å². The highest BCUT2D eigenvalue weighted by Crippen LogP contribution is 2.24. The molecule has 1 aromatic heterocycles. The van der Waals surface area contributed by atoms with Gasteiger partial charge in [-0.3, -0.25) is 4.99 Å². The maximum Gasteiger partial charge on any atom is 0.157 e. The molecule has 3 nitrogen and oxygen atoms in total. The van der Waals surface area contributed by atoms with Crippen molar-refractivity contribution >= 4 is 16.9 Å². The van der Waals surface area contributed by atoms with Crippen LogP contribution in [-0.4, -0.2) is 17.0 Å². The molecule has 0 radical (unpaired) electrons. The average molecular weight is 252 g/mol. The van der Waals surface area contributed by atoms with Crippen LogP contribution in [0.5, 0.6) is 0 Å². The Morgan fingerprint density at radius 2 is 2.24 bits per heavy atom. The summed E-state index contributed by atoms with van der Waals surface area (Å²) in [5, 5.41) is 4.46. The van der Waals surface area contributed by atoms with Crippen molar-refractivity contribution < 1.29 is 4.42 Å². The van der Waals surface area contributed by atoms with Crippen LogP contribution in [0.1, 0.15) is 38.3 Å². The number of amidine groups is 1. The summed E-state index contributed by atoms with van der Waals surface area (Å²) in [5.74, 6) is 3.72. The van der Waals surface area contributed by atoms with E-state index in [1.165, 1.54) is 0 Å². The van der Waals surface area contributed by atoms with Crippen molar-refractivity contribution in [2.75, 3.05) is 5.75 Å². The number of furan rings is 1. The summed E-state index contributed by atoms with van der Waals surface area (Å²) in [6.45, 7) is 8.49. The first kappa shape index (κ1) is 12.6. The van der Waals surface area contributed by atoms with Crippen molar-refractivity contribution in [3.05, 3.63) is 23.7 Å². The van der Waals surface area contributed by atoms with Crippen molar-refractivity contribution in [3.8, 4) is 0 Å². The summed E-state index contributed by atoms with van der Waals surface area (Å²) in [4.78, 5) is 4.66. The van der Waals surface area contributed by atoms with E-state index in [4.69, 9.17) is 4.42 Å². The first-order chi connectivity index (χ1) is 8.06. The molecule has 3 unspecified atom stereocenters. The van der Waals surface area contributed by atoms with Gasteiger partial charge in [0, 0.05) is 5.75 Å². The molecule has 1 aromatic rings. The van der Waals surface area contributed by atoms with E-state index in [2.05, 4.69) is 31.1 Å². The van der Waals surface area contributed by atoms with Crippen molar-refractivity contribution in [2.24, 2.45) is 10.9 Å². The molecule has 2 rings (SSSR count). The predicted molar refractivity (Wildman–Crippen MR) is 73.5 cm³/mol. The van der Waals surface area contributed by atoms with E-state index in [1.54, 1.807) is 11.8 Å². The van der Waals surface area contributed by atoms with Gasteiger partial charge in [-0.1, -0.05) is 18.7 Å². The highest BCUT2D eigenvalue weighted by atomic mass is 32.2. The van der Waals surface area contributed by atoms with Gasteiger partial charge in [0.25, 0.3) is 0 Å². The Hall–Kier alpha value is -0.900. The molecule has 0 spiro atoms. The van der Waals surface area contributed by atoms with Crippen LogP contribution >= 0.6 is 11.8 Å². The van der Waals surface area contributed by atoms with Crippen LogP contribution in [-0.2, 0) is 0 Å². The second kappa shape index (κ2) is 5.17. The summed E-state index contributed by atoms with van der Waals surface area (Å²) in [7, 11) is 0. The number of hydrogen-bond donors (Lipinski definition) is 1. The van der Waals surface area contributed by atoms with Crippen molar-refractivity contribution in [3.63, 3.8) is 0 Å². The van der Waals surface area contributed by atoms with Crippen molar-refractivity contribution in [2.45, 2.75) is 39.8 Å². The van der Waals surface area contributed by atoms with Crippen LogP contribution in [0.15, 0.2) is 21.5 Å². The molecule has 0 bridgehead atoms. The maximum absolute atomic E-state index is 5.61. The van der Waals surface area contributed by atoms with E-state index < -0.39 is 0 Å². The van der Waals surface area contributed by atoms with E-state index in [1.807, 2.05) is 19.1 Å². The lowest BCUT2D eigenvalue weighted by Crippen LogP contribution is -2.31. The molecule has 1 aliphatic heterocycles. The van der Waals surface area contributed by atoms with Crippen molar-refractivity contribution in [1.82, 2.24) is 5.32 Å². The van der Waals surface area contributed by atoms with Crippen LogP contribution in [0, 0.1) is 12.8 Å². The maximum atomic E-state index is 5.61. The quantitative estimate of drug-likeness (QED) is 0.877. The third-order valence-electron chi connectivity index (χ3n) is 3.16. The standard InChI is InChI=1S/C13H20N2OS/c1-8-7-17-13(14-10(8)3)15-11(4)12-6-5-9(2)16-12/h5-6,8,10-11H,7H2,1-4H3,(H,14,15). The molecule has 0 saturated carbocycles. The summed E-state index contributed by atoms with van der Waals surface area (Å²) in [6, 6.07) is 4.60. The molecule has 2 heterocycles. The smallest absolute Gasteiger partial charge is 0.157 e. The molecular weight excluding hydrogens is 232 g/mol. The van der Waals surface area contributed by atoms with Gasteiger partial charge in [0.2, 0.25) is 0 Å². The predicted octanol–water partition coefficient (Wildman–Crippen LogP) is 3.37. The first-order valence-corrected chi connectivity index (χ1v) is 7.08. The average Bonchev–Trinajstić information content (AvgIpc) is 2.70. The van der Waals surface area contributed by atoms with E-state index in [9.17, 15) is 0 Å². The second-order valence-electron chi connectivity index (χ2n) is 4.78. The van der Waals surface area contributed by atoms with Crippen LogP contribution in [0.4, 0.5) is 0 Å². The van der Waals surface area contributed by atoms with Gasteiger partial charge in [0.1, 0.15) is 11.5 Å². The molecule has 0 saturated heterocycles. The SMILES string of the molecule is Cc1ccc(C(C)NC2=NC(C)C(C)CS2)o1. The van der Waals surface area contributed by atoms with Gasteiger partial charge in [-0.2, -0.15) is 0 Å². The molecule has 4 heteroatoms. The molecule has 1 aliphatic rings. The Labute approximate surface area is 107 Å². The number of aliphatic imine (C=N–C) groups is 1. The molecule has 3 atom stereocenters. The van der Waals surface area contributed by atoms with E-state index in [0.717, 1.165) is 22.4 Å². The third-order valence-corrected chi connectivity index (χ3v) is 4.34. The third kappa shape index (κ3) is 3.06. The molecule has 0 amide bonds. The van der Waals surface area contributed by atoms with Crippen LogP contribution < -0.4 is 5.32 Å². The molecule has 1 N–H and O–H groups in total. The lowest BCUT2D eigenvalue weighted by atomic mass is 10.1. The van der Waals surface area contributed by atoms with Crippen LogP contribution in [0.2, 0.25) is 0 Å². The van der Waals surface area contributed by atoms with Gasteiger partial charge in [-0.25, -0.2) is 0 Å². The number of hydrogen-bond acceptors (Lipinski definition) is 4. The van der Waals surface area contributed by atoms with E-state index in [-0.39, 0.29) is 6.04 Å². The highest BCUT2D eigenvalue weighted by molar-refractivity contribution is 8.13. The zero-order valence-corrected chi connectivity index (χ0v) is 11.7. The van der Waals surface area contributed by atoms with Gasteiger partial charge in [-0.05, 0) is 38.8 Å². The fourth-order valence-electron chi connectivity index (χ4n) is 1.72. The Bertz CT molecular complexity index is 413. The molecule has 0 fully saturated rings. The van der Waals surface area contributed by atoms with Gasteiger partial charge in [0.15, 0.2) is 5.17 Å². The number of thioether (sulfide) groups is 1. The first-order valence-electron chi connectivity index (χ1n) is 6.09. The monoisotopic (exact) mass is 252 g/mol. The minimum absolute atomic E-state index is 0.176. The van der Waals surface area contributed by atoms with Crippen LogP contribution in [0.3, 0.4) is 0 Å². The zero-order chi connectivity index (χ0) is 12.4. The summed E-state index contributed by atoms with van der Waals surface area (Å²) < 4.78 is 5.61. The zero-order valence-electron chi connectivity index (χ0n) is 10.9. The van der Waals surface area contributed by atoms with Crippen LogP contribution in [0.25, 0.3) is 0 Å². The van der Waals surface area contributed by atoms with Gasteiger partial charge < -0.3 is 9.73 Å².